The van der Waals surface area contributed by atoms with Gasteiger partial charge < -0.3 is 10.0 Å². The molecule has 6 rings (SSSR count). The summed E-state index contributed by atoms with van der Waals surface area (Å²) in [5.74, 6) is -1.57. The summed E-state index contributed by atoms with van der Waals surface area (Å²) < 4.78 is 15.1. The normalized spacial score (nSPS) is 24.8. The number of fused-ring (bicyclic) bond motifs is 1. The number of aliphatic carboxylic acids is 1. The molecule has 2 aromatic rings. The van der Waals surface area contributed by atoms with E-state index in [2.05, 4.69) is 0 Å². The number of nitrogens with zero attached hydrogens (tertiary/aromatic N) is 3. The molecule has 1 aromatic carbocycles. The Labute approximate surface area is 232 Å². The number of hydrogen-bond donors (Lipinski definition) is 1. The zero-order valence-electron chi connectivity index (χ0n) is 21.9. The molecular formula is C30H33ClFN3O4. The van der Waals surface area contributed by atoms with E-state index in [0.717, 1.165) is 47.4 Å². The number of allylic oxidation sites excluding steroid dienone is 2. The Morgan fingerprint density at radius 1 is 1.08 bits per heavy atom. The molecule has 1 saturated carbocycles. The highest BCUT2D eigenvalue weighted by molar-refractivity contribution is 6.34. The van der Waals surface area contributed by atoms with Crippen LogP contribution in [0.25, 0.3) is 5.57 Å². The topological polar surface area (TPSA) is 92.5 Å². The van der Waals surface area contributed by atoms with Crippen LogP contribution in [0.2, 0.25) is 5.02 Å². The lowest BCUT2D eigenvalue weighted by molar-refractivity contribution is -0.142. The van der Waals surface area contributed by atoms with E-state index < -0.39 is 18.6 Å². The van der Waals surface area contributed by atoms with E-state index in [1.165, 1.54) is 4.68 Å². The third kappa shape index (κ3) is 4.81. The van der Waals surface area contributed by atoms with Crippen molar-refractivity contribution in [3.63, 3.8) is 0 Å². The van der Waals surface area contributed by atoms with Crippen LogP contribution in [-0.2, 0) is 22.4 Å². The molecule has 2 fully saturated rings. The smallest absolute Gasteiger partial charge is 0.306 e. The highest BCUT2D eigenvalue weighted by atomic mass is 35.5. The van der Waals surface area contributed by atoms with E-state index in [1.807, 2.05) is 18.2 Å². The second kappa shape index (κ2) is 10.5. The number of amides is 1. The fraction of sp³-hybridized carbons (Fsp3) is 0.533. The van der Waals surface area contributed by atoms with Crippen molar-refractivity contribution in [3.05, 3.63) is 57.4 Å². The number of carbonyl (C=O) groups excluding carboxylic acids is 2. The number of benzene rings is 1. The third-order valence-electron chi connectivity index (χ3n) is 8.99. The van der Waals surface area contributed by atoms with Gasteiger partial charge in [0.05, 0.1) is 33.9 Å². The average Bonchev–Trinajstić information content (AvgIpc) is 3.56. The molecule has 1 N–H and O–H groups in total. The van der Waals surface area contributed by atoms with Gasteiger partial charge in [-0.05, 0) is 80.9 Å². The maximum Gasteiger partial charge on any atom is 0.306 e. The lowest BCUT2D eigenvalue weighted by atomic mass is 9.82. The number of carbonyl (C=O) groups is 3. The Hall–Kier alpha value is -3.00. The highest BCUT2D eigenvalue weighted by Crippen LogP contribution is 2.44. The maximum atomic E-state index is 14.1. The Kier molecular flexibility index (Phi) is 7.08. The Morgan fingerprint density at radius 3 is 2.56 bits per heavy atom. The summed E-state index contributed by atoms with van der Waals surface area (Å²) in [6.45, 7) is 0.0362. The first kappa shape index (κ1) is 26.2. The summed E-state index contributed by atoms with van der Waals surface area (Å²) in [5, 5.41) is 14.7. The number of aromatic nitrogens is 2. The van der Waals surface area contributed by atoms with Crippen molar-refractivity contribution < 1.29 is 23.9 Å². The van der Waals surface area contributed by atoms with Gasteiger partial charge in [-0.25, -0.2) is 4.39 Å². The summed E-state index contributed by atoms with van der Waals surface area (Å²) in [5.41, 5.74) is 4.77. The molecule has 2 heterocycles. The van der Waals surface area contributed by atoms with Crippen LogP contribution in [0.1, 0.15) is 90.2 Å². The number of carboxylic acid groups (broad SMARTS) is 1. The van der Waals surface area contributed by atoms with E-state index in [-0.39, 0.29) is 23.8 Å². The minimum absolute atomic E-state index is 0.0415. The van der Waals surface area contributed by atoms with Gasteiger partial charge in [-0.15, -0.1) is 0 Å². The van der Waals surface area contributed by atoms with Crippen molar-refractivity contribution in [2.45, 2.75) is 76.2 Å². The number of likely N-dealkylation sites (tertiary alicyclic amines) is 1. The first-order valence-corrected chi connectivity index (χ1v) is 14.5. The van der Waals surface area contributed by atoms with Crippen molar-refractivity contribution >= 4 is 35.0 Å². The van der Waals surface area contributed by atoms with Crippen LogP contribution in [0, 0.1) is 11.8 Å². The van der Waals surface area contributed by atoms with Gasteiger partial charge in [0.2, 0.25) is 5.91 Å². The highest BCUT2D eigenvalue weighted by Gasteiger charge is 2.39. The van der Waals surface area contributed by atoms with E-state index in [4.69, 9.17) is 16.7 Å². The van der Waals surface area contributed by atoms with E-state index in [0.29, 0.717) is 68.0 Å². The summed E-state index contributed by atoms with van der Waals surface area (Å²) >= 11 is 6.60. The standard InChI is InChI=1S/C30H33ClFN3O4/c31-24-5-1-4-22(17-6-7-17)26(24)29(37)35-25-15-20(28(36)34-14-2-3-21(34)16-32)12-13-23(25)27(33-35)18-8-10-19(11-9-18)30(38)39/h1,4-5,8,17,19-21H,2-3,6-7,9-16H2,(H,38,39). The van der Waals surface area contributed by atoms with Gasteiger partial charge in [0.1, 0.15) is 6.67 Å². The molecule has 3 atom stereocenters. The van der Waals surface area contributed by atoms with Gasteiger partial charge in [-0.2, -0.15) is 9.78 Å². The lowest BCUT2D eigenvalue weighted by Crippen LogP contribution is -2.42. The molecule has 4 aliphatic rings. The summed E-state index contributed by atoms with van der Waals surface area (Å²) in [4.78, 5) is 40.8. The molecule has 3 unspecified atom stereocenters. The minimum atomic E-state index is -0.797. The summed E-state index contributed by atoms with van der Waals surface area (Å²) in [6.07, 6.45) is 8.54. The summed E-state index contributed by atoms with van der Waals surface area (Å²) in [7, 11) is 0. The number of carboxylic acids is 1. The van der Waals surface area contributed by atoms with E-state index in [1.54, 1.807) is 11.0 Å². The molecule has 0 spiro atoms. The van der Waals surface area contributed by atoms with Crippen LogP contribution < -0.4 is 0 Å². The SMILES string of the molecule is O=C(O)C1CC=C(c2nn(C(=O)c3c(Cl)cccc3C3CC3)c3c2CCC(C(=O)N2CCCC2CF)C3)CC1. The van der Waals surface area contributed by atoms with Crippen LogP contribution in [0.4, 0.5) is 4.39 Å². The molecule has 0 radical (unpaired) electrons. The predicted octanol–water partition coefficient (Wildman–Crippen LogP) is 5.44. The zero-order valence-corrected chi connectivity index (χ0v) is 22.6. The molecule has 1 amide bonds. The van der Waals surface area contributed by atoms with Crippen LogP contribution >= 0.6 is 11.6 Å². The zero-order chi connectivity index (χ0) is 27.3. The third-order valence-corrected chi connectivity index (χ3v) is 9.31. The van der Waals surface area contributed by atoms with E-state index >= 15 is 0 Å². The second-order valence-corrected chi connectivity index (χ2v) is 11.8. The Bertz CT molecular complexity index is 1360. The second-order valence-electron chi connectivity index (χ2n) is 11.4. The van der Waals surface area contributed by atoms with Gasteiger partial charge in [0.25, 0.3) is 5.91 Å². The van der Waals surface area contributed by atoms with Crippen LogP contribution in [0.15, 0.2) is 24.3 Å². The molecule has 3 aliphatic carbocycles. The molecule has 39 heavy (non-hydrogen) atoms. The largest absolute Gasteiger partial charge is 0.481 e. The van der Waals surface area contributed by atoms with Gasteiger partial charge in [0, 0.05) is 24.4 Å². The monoisotopic (exact) mass is 553 g/mol. The van der Waals surface area contributed by atoms with Crippen molar-refractivity contribution in [1.29, 1.82) is 0 Å². The molecule has 1 aromatic heterocycles. The molecule has 7 nitrogen and oxygen atoms in total. The fourth-order valence-electron chi connectivity index (χ4n) is 6.65. The van der Waals surface area contributed by atoms with E-state index in [9.17, 15) is 23.9 Å². The van der Waals surface area contributed by atoms with Crippen molar-refractivity contribution in [1.82, 2.24) is 14.7 Å². The maximum absolute atomic E-state index is 14.1. The van der Waals surface area contributed by atoms with Crippen LogP contribution in [0.5, 0.6) is 0 Å². The molecule has 1 saturated heterocycles. The number of hydrogen-bond acceptors (Lipinski definition) is 4. The number of halogens is 2. The first-order chi connectivity index (χ1) is 18.9. The number of alkyl halides is 1. The fourth-order valence-corrected chi connectivity index (χ4v) is 6.91. The Morgan fingerprint density at radius 2 is 1.87 bits per heavy atom. The minimum Gasteiger partial charge on any atom is -0.481 e. The van der Waals surface area contributed by atoms with Crippen molar-refractivity contribution in [3.8, 4) is 0 Å². The van der Waals surface area contributed by atoms with Crippen LogP contribution in [-0.4, -0.2) is 56.8 Å². The lowest BCUT2D eigenvalue weighted by Gasteiger charge is -2.30. The molecule has 9 heteroatoms. The first-order valence-electron chi connectivity index (χ1n) is 14.1. The number of rotatable bonds is 6. The van der Waals surface area contributed by atoms with Gasteiger partial charge >= 0.3 is 5.97 Å². The molecule has 206 valence electrons. The molecular weight excluding hydrogens is 521 g/mol. The van der Waals surface area contributed by atoms with Gasteiger partial charge in [0.15, 0.2) is 0 Å². The van der Waals surface area contributed by atoms with Gasteiger partial charge in [-0.1, -0.05) is 29.8 Å². The van der Waals surface area contributed by atoms with Crippen molar-refractivity contribution in [2.75, 3.05) is 13.2 Å². The quantitative estimate of drug-likeness (QED) is 0.514. The predicted molar refractivity (Wildman–Crippen MR) is 145 cm³/mol. The van der Waals surface area contributed by atoms with Gasteiger partial charge in [-0.3, -0.25) is 14.4 Å². The average molecular weight is 554 g/mol. The Balaban J connectivity index is 1.39. The van der Waals surface area contributed by atoms with Crippen LogP contribution in [0.3, 0.4) is 0 Å². The van der Waals surface area contributed by atoms with Crippen molar-refractivity contribution in [2.24, 2.45) is 11.8 Å². The molecule has 1 aliphatic heterocycles. The summed E-state index contributed by atoms with van der Waals surface area (Å²) in [6, 6.07) is 5.19. The molecule has 0 bridgehead atoms.